The first-order valence-corrected chi connectivity index (χ1v) is 8.35. The van der Waals surface area contributed by atoms with Crippen LogP contribution in [-0.4, -0.2) is 37.5 Å². The molecular weight excluding hydrogens is 272 g/mol. The van der Waals surface area contributed by atoms with Gasteiger partial charge < -0.3 is 16.0 Å². The third kappa shape index (κ3) is 5.02. The van der Waals surface area contributed by atoms with E-state index in [9.17, 15) is 0 Å². The quantitative estimate of drug-likeness (QED) is 0.649. The Bertz CT molecular complexity index is 472. The SMILES string of the molecule is Cc1ccc(C(CN=C(N)NC2CCCCC2)N(C)C)cc1. The minimum Gasteiger partial charge on any atom is -0.370 e. The number of likely N-dealkylation sites (N-methyl/N-ethyl adjacent to an activating group) is 1. The fraction of sp³-hybridized carbons (Fsp3) is 0.611. The van der Waals surface area contributed by atoms with Crippen molar-refractivity contribution in [2.24, 2.45) is 10.7 Å². The molecule has 122 valence electrons. The molecule has 4 heteroatoms. The summed E-state index contributed by atoms with van der Waals surface area (Å²) < 4.78 is 0. The van der Waals surface area contributed by atoms with Gasteiger partial charge in [-0.1, -0.05) is 49.1 Å². The Labute approximate surface area is 134 Å². The minimum atomic E-state index is 0.257. The summed E-state index contributed by atoms with van der Waals surface area (Å²) in [6, 6.07) is 9.43. The van der Waals surface area contributed by atoms with Gasteiger partial charge in [-0.3, -0.25) is 4.99 Å². The highest BCUT2D eigenvalue weighted by atomic mass is 15.2. The molecule has 1 aliphatic carbocycles. The van der Waals surface area contributed by atoms with Crippen LogP contribution < -0.4 is 11.1 Å². The Balaban J connectivity index is 1.95. The molecule has 1 fully saturated rings. The number of hydrogen-bond acceptors (Lipinski definition) is 2. The molecule has 0 spiro atoms. The van der Waals surface area contributed by atoms with E-state index in [0.29, 0.717) is 18.5 Å². The molecule has 2 rings (SSSR count). The van der Waals surface area contributed by atoms with Crippen molar-refractivity contribution in [1.29, 1.82) is 0 Å². The first kappa shape index (κ1) is 16.8. The predicted molar refractivity (Wildman–Crippen MR) is 94.1 cm³/mol. The van der Waals surface area contributed by atoms with E-state index >= 15 is 0 Å². The van der Waals surface area contributed by atoms with Crippen LogP contribution in [0.1, 0.15) is 49.3 Å². The maximum absolute atomic E-state index is 6.08. The van der Waals surface area contributed by atoms with E-state index in [0.717, 1.165) is 0 Å². The summed E-state index contributed by atoms with van der Waals surface area (Å²) >= 11 is 0. The van der Waals surface area contributed by atoms with Gasteiger partial charge >= 0.3 is 0 Å². The van der Waals surface area contributed by atoms with Crippen molar-refractivity contribution in [3.8, 4) is 0 Å². The highest BCUT2D eigenvalue weighted by molar-refractivity contribution is 5.78. The molecule has 0 aromatic heterocycles. The van der Waals surface area contributed by atoms with E-state index in [2.05, 4.69) is 60.5 Å². The molecule has 1 unspecified atom stereocenters. The smallest absolute Gasteiger partial charge is 0.188 e. The zero-order valence-electron chi connectivity index (χ0n) is 14.2. The van der Waals surface area contributed by atoms with Crippen molar-refractivity contribution in [3.63, 3.8) is 0 Å². The van der Waals surface area contributed by atoms with Gasteiger partial charge in [-0.05, 0) is 39.4 Å². The Morgan fingerprint density at radius 1 is 1.23 bits per heavy atom. The molecule has 4 nitrogen and oxygen atoms in total. The zero-order chi connectivity index (χ0) is 15.9. The third-order valence-corrected chi connectivity index (χ3v) is 4.48. The van der Waals surface area contributed by atoms with Crippen molar-refractivity contribution in [2.75, 3.05) is 20.6 Å². The average molecular weight is 302 g/mol. The van der Waals surface area contributed by atoms with Crippen molar-refractivity contribution in [2.45, 2.75) is 51.1 Å². The first-order valence-electron chi connectivity index (χ1n) is 8.35. The molecule has 1 aromatic rings. The number of hydrogen-bond donors (Lipinski definition) is 2. The summed E-state index contributed by atoms with van der Waals surface area (Å²) in [5.41, 5.74) is 8.64. The summed E-state index contributed by atoms with van der Waals surface area (Å²) in [7, 11) is 4.18. The number of nitrogens with one attached hydrogen (secondary N) is 1. The summed E-state index contributed by atoms with van der Waals surface area (Å²) in [5.74, 6) is 0.589. The van der Waals surface area contributed by atoms with Gasteiger partial charge in [0.1, 0.15) is 0 Å². The average Bonchev–Trinajstić information content (AvgIpc) is 2.50. The second kappa shape index (κ2) is 8.18. The van der Waals surface area contributed by atoms with E-state index in [1.165, 1.54) is 43.2 Å². The predicted octanol–water partition coefficient (Wildman–Crippen LogP) is 2.83. The molecular formula is C18H30N4. The van der Waals surface area contributed by atoms with E-state index in [-0.39, 0.29) is 6.04 Å². The lowest BCUT2D eigenvalue weighted by Crippen LogP contribution is -2.41. The lowest BCUT2D eigenvalue weighted by molar-refractivity contribution is 0.306. The summed E-state index contributed by atoms with van der Waals surface area (Å²) in [5, 5.41) is 3.38. The van der Waals surface area contributed by atoms with Gasteiger partial charge in [0, 0.05) is 6.04 Å². The Hall–Kier alpha value is -1.55. The zero-order valence-corrected chi connectivity index (χ0v) is 14.2. The molecule has 1 saturated carbocycles. The largest absolute Gasteiger partial charge is 0.370 e. The second-order valence-corrected chi connectivity index (χ2v) is 6.60. The second-order valence-electron chi connectivity index (χ2n) is 6.60. The van der Waals surface area contributed by atoms with Crippen molar-refractivity contribution in [1.82, 2.24) is 10.2 Å². The van der Waals surface area contributed by atoms with E-state index in [1.807, 2.05) is 0 Å². The van der Waals surface area contributed by atoms with Crippen LogP contribution in [0.3, 0.4) is 0 Å². The van der Waals surface area contributed by atoms with Crippen LogP contribution in [-0.2, 0) is 0 Å². The Kier molecular flexibility index (Phi) is 6.25. The fourth-order valence-electron chi connectivity index (χ4n) is 3.04. The van der Waals surface area contributed by atoms with Gasteiger partial charge in [0.15, 0.2) is 5.96 Å². The van der Waals surface area contributed by atoms with Crippen LogP contribution in [0.5, 0.6) is 0 Å². The standard InChI is InChI=1S/C18H30N4/c1-14-9-11-15(12-10-14)17(22(2)3)13-20-18(19)21-16-7-5-4-6-8-16/h9-12,16-17H,4-8,13H2,1-3H3,(H3,19,20,21). The molecule has 0 saturated heterocycles. The monoisotopic (exact) mass is 302 g/mol. The number of benzene rings is 1. The topological polar surface area (TPSA) is 53.6 Å². The van der Waals surface area contributed by atoms with Gasteiger partial charge in [-0.15, -0.1) is 0 Å². The summed E-state index contributed by atoms with van der Waals surface area (Å²) in [6.45, 7) is 2.79. The van der Waals surface area contributed by atoms with Gasteiger partial charge in [0.2, 0.25) is 0 Å². The van der Waals surface area contributed by atoms with Gasteiger partial charge in [-0.25, -0.2) is 0 Å². The normalized spacial score (nSPS) is 18.5. The molecule has 1 atom stereocenters. The number of aryl methyl sites for hydroxylation is 1. The maximum Gasteiger partial charge on any atom is 0.188 e. The van der Waals surface area contributed by atoms with Crippen LogP contribution in [0.15, 0.2) is 29.3 Å². The molecule has 1 aromatic carbocycles. The number of rotatable bonds is 5. The minimum absolute atomic E-state index is 0.257. The van der Waals surface area contributed by atoms with E-state index in [1.54, 1.807) is 0 Å². The van der Waals surface area contributed by atoms with Crippen LogP contribution >= 0.6 is 0 Å². The third-order valence-electron chi connectivity index (χ3n) is 4.48. The lowest BCUT2D eigenvalue weighted by Gasteiger charge is -2.25. The number of nitrogens with two attached hydrogens (primary N) is 1. The van der Waals surface area contributed by atoms with E-state index < -0.39 is 0 Å². The molecule has 0 amide bonds. The van der Waals surface area contributed by atoms with E-state index in [4.69, 9.17) is 5.73 Å². The number of nitrogens with zero attached hydrogens (tertiary/aromatic N) is 2. The molecule has 0 bridgehead atoms. The van der Waals surface area contributed by atoms with Crippen LogP contribution in [0.2, 0.25) is 0 Å². The van der Waals surface area contributed by atoms with Crippen molar-refractivity contribution < 1.29 is 0 Å². The number of aliphatic imine (C=N–C) groups is 1. The molecule has 0 heterocycles. The van der Waals surface area contributed by atoms with Crippen molar-refractivity contribution >= 4 is 5.96 Å². The molecule has 22 heavy (non-hydrogen) atoms. The molecule has 3 N–H and O–H groups in total. The lowest BCUT2D eigenvalue weighted by atomic mass is 9.96. The molecule has 0 radical (unpaired) electrons. The fourth-order valence-corrected chi connectivity index (χ4v) is 3.04. The number of guanidine groups is 1. The van der Waals surface area contributed by atoms with Crippen LogP contribution in [0.25, 0.3) is 0 Å². The van der Waals surface area contributed by atoms with Crippen LogP contribution in [0, 0.1) is 6.92 Å². The highest BCUT2D eigenvalue weighted by Gasteiger charge is 2.15. The van der Waals surface area contributed by atoms with Gasteiger partial charge in [0.05, 0.1) is 12.6 Å². The van der Waals surface area contributed by atoms with Gasteiger partial charge in [0.25, 0.3) is 0 Å². The summed E-state index contributed by atoms with van der Waals surface area (Å²) in [4.78, 5) is 6.78. The van der Waals surface area contributed by atoms with Crippen LogP contribution in [0.4, 0.5) is 0 Å². The van der Waals surface area contributed by atoms with Gasteiger partial charge in [-0.2, -0.15) is 0 Å². The molecule has 0 aliphatic heterocycles. The van der Waals surface area contributed by atoms with Crippen molar-refractivity contribution in [3.05, 3.63) is 35.4 Å². The Morgan fingerprint density at radius 3 is 2.45 bits per heavy atom. The molecule has 1 aliphatic rings. The summed E-state index contributed by atoms with van der Waals surface area (Å²) in [6.07, 6.45) is 6.38. The Morgan fingerprint density at radius 2 is 1.86 bits per heavy atom. The first-order chi connectivity index (χ1) is 10.6. The highest BCUT2D eigenvalue weighted by Crippen LogP contribution is 2.19. The maximum atomic E-state index is 6.08.